The van der Waals surface area contributed by atoms with Crippen LogP contribution in [0.1, 0.15) is 40.9 Å². The van der Waals surface area contributed by atoms with E-state index in [0.717, 1.165) is 43.4 Å². The van der Waals surface area contributed by atoms with E-state index in [-0.39, 0.29) is 5.91 Å². The lowest BCUT2D eigenvalue weighted by atomic mass is 10.00. The molecule has 2 aliphatic heterocycles. The highest BCUT2D eigenvalue weighted by Gasteiger charge is 2.26. The van der Waals surface area contributed by atoms with E-state index in [9.17, 15) is 4.79 Å². The van der Waals surface area contributed by atoms with Gasteiger partial charge in [-0.2, -0.15) is 5.10 Å². The Kier molecular flexibility index (Phi) is 4.81. The fourth-order valence-electron chi connectivity index (χ4n) is 3.88. The molecular weight excluding hydrogens is 370 g/mol. The summed E-state index contributed by atoms with van der Waals surface area (Å²) < 4.78 is 9.02. The first-order chi connectivity index (χ1) is 14.3. The highest BCUT2D eigenvalue weighted by molar-refractivity contribution is 5.92. The van der Waals surface area contributed by atoms with Gasteiger partial charge in [-0.05, 0) is 25.0 Å². The van der Waals surface area contributed by atoms with E-state index < -0.39 is 0 Å². The maximum absolute atomic E-state index is 12.9. The van der Waals surface area contributed by atoms with Crippen LogP contribution < -0.4 is 0 Å². The molecule has 2 aromatic heterocycles. The summed E-state index contributed by atoms with van der Waals surface area (Å²) in [5.41, 5.74) is 1.23. The van der Waals surface area contributed by atoms with Crippen molar-refractivity contribution in [3.63, 3.8) is 0 Å². The molecule has 0 unspecified atom stereocenters. The van der Waals surface area contributed by atoms with E-state index in [2.05, 4.69) is 10.3 Å². The molecule has 9 nitrogen and oxygen atoms in total. The van der Waals surface area contributed by atoms with E-state index in [1.807, 2.05) is 39.9 Å². The van der Waals surface area contributed by atoms with E-state index in [1.54, 1.807) is 10.9 Å². The lowest BCUT2D eigenvalue weighted by Crippen LogP contribution is -2.34. The first kappa shape index (κ1) is 18.0. The van der Waals surface area contributed by atoms with Gasteiger partial charge in [0.15, 0.2) is 11.5 Å². The van der Waals surface area contributed by atoms with Crippen LogP contribution in [0.15, 0.2) is 36.5 Å². The number of benzene rings is 1. The second kappa shape index (κ2) is 7.75. The highest BCUT2D eigenvalue weighted by atomic mass is 16.5. The largest absolute Gasteiger partial charge is 0.381 e. The van der Waals surface area contributed by atoms with Crippen molar-refractivity contribution in [2.45, 2.75) is 31.7 Å². The number of hydrogen-bond donors (Lipinski definition) is 0. The van der Waals surface area contributed by atoms with Gasteiger partial charge in [0, 0.05) is 38.6 Å². The van der Waals surface area contributed by atoms with Gasteiger partial charge in [-0.25, -0.2) is 14.3 Å². The molecule has 0 spiro atoms. The van der Waals surface area contributed by atoms with Crippen molar-refractivity contribution in [1.29, 1.82) is 0 Å². The number of para-hydroxylation sites is 1. The third-order valence-electron chi connectivity index (χ3n) is 5.56. The molecule has 2 aliphatic rings. The predicted octanol–water partition coefficient (Wildman–Crippen LogP) is 1.45. The van der Waals surface area contributed by atoms with Gasteiger partial charge in [0.05, 0.1) is 18.4 Å². The van der Waals surface area contributed by atoms with Gasteiger partial charge in [-0.1, -0.05) is 23.4 Å². The molecule has 0 atom stereocenters. The Morgan fingerprint density at radius 1 is 1.07 bits per heavy atom. The van der Waals surface area contributed by atoms with Gasteiger partial charge < -0.3 is 9.64 Å². The zero-order valence-corrected chi connectivity index (χ0v) is 16.1. The normalized spacial score (nSPS) is 17.7. The van der Waals surface area contributed by atoms with Gasteiger partial charge in [0.2, 0.25) is 0 Å². The zero-order valence-electron chi connectivity index (χ0n) is 16.1. The summed E-state index contributed by atoms with van der Waals surface area (Å²) in [5.74, 6) is 2.15. The van der Waals surface area contributed by atoms with Crippen LogP contribution in [0.2, 0.25) is 0 Å². The van der Waals surface area contributed by atoms with Crippen molar-refractivity contribution in [3.8, 4) is 5.69 Å². The fraction of sp³-hybridized carbons (Fsp3) is 0.450. The molecule has 150 valence electrons. The Morgan fingerprint density at radius 2 is 1.90 bits per heavy atom. The molecule has 1 saturated heterocycles. The van der Waals surface area contributed by atoms with Crippen LogP contribution in [0.3, 0.4) is 0 Å². The number of aromatic nitrogens is 6. The number of carbonyl (C=O) groups excluding carboxylic acids is 1. The van der Waals surface area contributed by atoms with Crippen LogP contribution in [0.4, 0.5) is 0 Å². The van der Waals surface area contributed by atoms with Crippen molar-refractivity contribution >= 4 is 5.91 Å². The summed E-state index contributed by atoms with van der Waals surface area (Å²) in [7, 11) is 0. The highest BCUT2D eigenvalue weighted by Crippen LogP contribution is 2.25. The summed E-state index contributed by atoms with van der Waals surface area (Å²) >= 11 is 0. The number of amides is 1. The quantitative estimate of drug-likeness (QED) is 0.669. The fourth-order valence-corrected chi connectivity index (χ4v) is 3.88. The van der Waals surface area contributed by atoms with Crippen LogP contribution in [-0.2, 0) is 17.7 Å². The van der Waals surface area contributed by atoms with Gasteiger partial charge in [0.1, 0.15) is 5.82 Å². The lowest BCUT2D eigenvalue weighted by molar-refractivity contribution is 0.0750. The van der Waals surface area contributed by atoms with Crippen LogP contribution in [0.25, 0.3) is 5.69 Å². The second-order valence-electron chi connectivity index (χ2n) is 7.42. The van der Waals surface area contributed by atoms with Gasteiger partial charge in [-0.3, -0.25) is 4.79 Å². The van der Waals surface area contributed by atoms with Crippen LogP contribution in [0.5, 0.6) is 0 Å². The SMILES string of the molecule is O=C(c1cn(-c2ccccc2)nn1)N1CCc2nc(C3CCOCC3)nn2CC1. The molecule has 0 radical (unpaired) electrons. The van der Waals surface area contributed by atoms with E-state index in [1.165, 1.54) is 0 Å². The molecule has 1 fully saturated rings. The van der Waals surface area contributed by atoms with Crippen LogP contribution in [0, 0.1) is 0 Å². The Labute approximate surface area is 168 Å². The molecular formula is C20H23N7O2. The van der Waals surface area contributed by atoms with Crippen molar-refractivity contribution in [3.05, 3.63) is 53.9 Å². The number of rotatable bonds is 3. The summed E-state index contributed by atoms with van der Waals surface area (Å²) in [6, 6.07) is 9.65. The van der Waals surface area contributed by atoms with Gasteiger partial charge in [0.25, 0.3) is 5.91 Å². The summed E-state index contributed by atoms with van der Waals surface area (Å²) in [6.45, 7) is 3.38. The summed E-state index contributed by atoms with van der Waals surface area (Å²) in [4.78, 5) is 19.5. The van der Waals surface area contributed by atoms with E-state index in [0.29, 0.717) is 37.7 Å². The molecule has 0 aliphatic carbocycles. The standard InChI is InChI=1S/C20H23N7O2/c28-20(17-14-27(24-22-17)16-4-2-1-3-5-16)25-9-6-18-21-19(23-26(18)11-10-25)15-7-12-29-13-8-15/h1-5,14-15H,6-13H2. The summed E-state index contributed by atoms with van der Waals surface area (Å²) in [5, 5.41) is 12.9. The number of ether oxygens (including phenoxy) is 1. The molecule has 5 rings (SSSR count). The van der Waals surface area contributed by atoms with Crippen molar-refractivity contribution in [2.75, 3.05) is 26.3 Å². The van der Waals surface area contributed by atoms with Gasteiger partial charge >= 0.3 is 0 Å². The molecule has 3 aromatic rings. The summed E-state index contributed by atoms with van der Waals surface area (Å²) in [6.07, 6.45) is 4.33. The molecule has 4 heterocycles. The number of fused-ring (bicyclic) bond motifs is 1. The molecule has 0 bridgehead atoms. The Hall–Kier alpha value is -3.07. The minimum atomic E-state index is -0.109. The van der Waals surface area contributed by atoms with E-state index >= 15 is 0 Å². The maximum Gasteiger partial charge on any atom is 0.276 e. The Bertz CT molecular complexity index is 966. The first-order valence-electron chi connectivity index (χ1n) is 10.1. The Balaban J connectivity index is 1.27. The third kappa shape index (κ3) is 3.65. The minimum absolute atomic E-state index is 0.109. The monoisotopic (exact) mass is 393 g/mol. The van der Waals surface area contributed by atoms with Gasteiger partial charge in [-0.15, -0.1) is 5.10 Å². The third-order valence-corrected chi connectivity index (χ3v) is 5.56. The first-order valence-corrected chi connectivity index (χ1v) is 10.1. The molecule has 0 N–H and O–H groups in total. The number of nitrogens with zero attached hydrogens (tertiary/aromatic N) is 7. The number of carbonyl (C=O) groups is 1. The average Bonchev–Trinajstić information content (AvgIpc) is 3.38. The Morgan fingerprint density at radius 3 is 2.72 bits per heavy atom. The topological polar surface area (TPSA) is 91.0 Å². The minimum Gasteiger partial charge on any atom is -0.381 e. The molecule has 1 amide bonds. The van der Waals surface area contributed by atoms with Crippen molar-refractivity contribution in [1.82, 2.24) is 34.7 Å². The second-order valence-corrected chi connectivity index (χ2v) is 7.42. The molecule has 1 aromatic carbocycles. The van der Waals surface area contributed by atoms with E-state index in [4.69, 9.17) is 14.8 Å². The lowest BCUT2D eigenvalue weighted by Gasteiger charge is -2.20. The number of hydrogen-bond acceptors (Lipinski definition) is 6. The predicted molar refractivity (Wildman–Crippen MR) is 104 cm³/mol. The molecule has 9 heteroatoms. The van der Waals surface area contributed by atoms with Crippen LogP contribution >= 0.6 is 0 Å². The van der Waals surface area contributed by atoms with Crippen LogP contribution in [-0.4, -0.2) is 66.9 Å². The molecule has 0 saturated carbocycles. The zero-order chi connectivity index (χ0) is 19.6. The average molecular weight is 393 g/mol. The van der Waals surface area contributed by atoms with Crippen molar-refractivity contribution in [2.24, 2.45) is 0 Å². The maximum atomic E-state index is 12.9. The molecule has 29 heavy (non-hydrogen) atoms. The smallest absolute Gasteiger partial charge is 0.276 e. The van der Waals surface area contributed by atoms with Crippen molar-refractivity contribution < 1.29 is 9.53 Å².